The minimum Gasteiger partial charge on any atom is -0.380 e. The predicted octanol–water partition coefficient (Wildman–Crippen LogP) is 3.17. The number of likely N-dealkylation sites (N-methyl/N-ethyl adjacent to an activating group) is 1. The number of rotatable bonds is 6. The van der Waals surface area contributed by atoms with E-state index in [4.69, 9.17) is 4.74 Å². The third-order valence-corrected chi connectivity index (χ3v) is 3.16. The van der Waals surface area contributed by atoms with Gasteiger partial charge in [-0.1, -0.05) is 38.1 Å². The van der Waals surface area contributed by atoms with Gasteiger partial charge in [0.2, 0.25) is 0 Å². The molecular weight excluding hydrogens is 274 g/mol. The lowest BCUT2D eigenvalue weighted by atomic mass is 10.2. The maximum Gasteiger partial charge on any atom is 0.0701 e. The van der Waals surface area contributed by atoms with Crippen molar-refractivity contribution in [3.05, 3.63) is 42.6 Å². The Morgan fingerprint density at radius 3 is 2.23 bits per heavy atom. The molecule has 4 heteroatoms. The summed E-state index contributed by atoms with van der Waals surface area (Å²) < 4.78 is 5.23. The molecule has 0 radical (unpaired) electrons. The number of nitrogens with two attached hydrogens (primary N) is 1. The molecule has 2 N–H and O–H groups in total. The second-order valence-electron chi connectivity index (χ2n) is 4.42. The number of hydrogen-bond acceptors (Lipinski definition) is 4. The van der Waals surface area contributed by atoms with E-state index in [1.54, 1.807) is 0 Å². The average molecular weight is 305 g/mol. The van der Waals surface area contributed by atoms with Crippen molar-refractivity contribution in [3.63, 3.8) is 0 Å². The molecule has 1 aromatic carbocycles. The summed E-state index contributed by atoms with van der Waals surface area (Å²) in [4.78, 5) is 6.54. The van der Waals surface area contributed by atoms with Gasteiger partial charge in [-0.2, -0.15) is 0 Å². The molecule has 2 aromatic rings. The smallest absolute Gasteiger partial charge is 0.0701 e. The Bertz CT molecular complexity index is 407. The lowest BCUT2D eigenvalue weighted by molar-refractivity contribution is 0.117. The van der Waals surface area contributed by atoms with Gasteiger partial charge in [0.1, 0.15) is 0 Å². The fourth-order valence-corrected chi connectivity index (χ4v) is 1.89. The zero-order valence-corrected chi connectivity index (χ0v) is 14.5. The molecule has 1 aromatic heterocycles. The minimum atomic E-state index is 0.835. The summed E-state index contributed by atoms with van der Waals surface area (Å²) in [5.74, 6) is 0. The van der Waals surface area contributed by atoms with Crippen molar-refractivity contribution in [2.45, 2.75) is 20.8 Å². The van der Waals surface area contributed by atoms with E-state index in [2.05, 4.69) is 41.6 Å². The Morgan fingerprint density at radius 2 is 1.64 bits per heavy atom. The predicted molar refractivity (Wildman–Crippen MR) is 96.1 cm³/mol. The minimum absolute atomic E-state index is 0.835. The highest BCUT2D eigenvalue weighted by Gasteiger charge is 1.96. The summed E-state index contributed by atoms with van der Waals surface area (Å²) >= 11 is 0. The third kappa shape index (κ3) is 8.72. The van der Waals surface area contributed by atoms with Crippen LogP contribution in [0.3, 0.4) is 0 Å². The molecule has 4 nitrogen and oxygen atoms in total. The number of benzene rings is 1. The van der Waals surface area contributed by atoms with Crippen molar-refractivity contribution in [3.8, 4) is 0 Å². The van der Waals surface area contributed by atoms with Crippen LogP contribution in [0.1, 0.15) is 20.8 Å². The van der Waals surface area contributed by atoms with Crippen LogP contribution >= 0.6 is 0 Å². The van der Waals surface area contributed by atoms with E-state index in [9.17, 15) is 0 Å². The van der Waals surface area contributed by atoms with E-state index in [1.165, 1.54) is 12.4 Å². The molecule has 0 saturated carbocycles. The van der Waals surface area contributed by atoms with Crippen LogP contribution in [-0.4, -0.2) is 49.8 Å². The van der Waals surface area contributed by atoms with E-state index < -0.39 is 0 Å². The summed E-state index contributed by atoms with van der Waals surface area (Å²) in [6.07, 6.45) is 1.81. The lowest BCUT2D eigenvalue weighted by Gasteiger charge is -2.16. The summed E-state index contributed by atoms with van der Waals surface area (Å²) in [7, 11) is 1.50. The molecule has 2 rings (SSSR count). The van der Waals surface area contributed by atoms with Gasteiger partial charge in [-0.3, -0.25) is 4.98 Å². The number of fused-ring (bicyclic) bond motifs is 1. The van der Waals surface area contributed by atoms with Crippen molar-refractivity contribution >= 4 is 10.9 Å². The first-order valence-corrected chi connectivity index (χ1v) is 7.99. The highest BCUT2D eigenvalue weighted by molar-refractivity contribution is 5.77. The van der Waals surface area contributed by atoms with Gasteiger partial charge >= 0.3 is 0 Å². The van der Waals surface area contributed by atoms with Gasteiger partial charge in [0.05, 0.1) is 12.1 Å². The van der Waals surface area contributed by atoms with Crippen molar-refractivity contribution in [1.29, 1.82) is 0 Å². The van der Waals surface area contributed by atoms with Crippen LogP contribution in [-0.2, 0) is 4.74 Å². The molecule has 0 bridgehead atoms. The van der Waals surface area contributed by atoms with Gasteiger partial charge in [0, 0.05) is 24.7 Å². The molecule has 0 aliphatic carbocycles. The molecule has 124 valence electrons. The largest absolute Gasteiger partial charge is 0.380 e. The van der Waals surface area contributed by atoms with Crippen LogP contribution in [0.5, 0.6) is 0 Å². The van der Waals surface area contributed by atoms with Gasteiger partial charge < -0.3 is 15.4 Å². The molecule has 0 saturated heterocycles. The summed E-state index contributed by atoms with van der Waals surface area (Å²) in [5.41, 5.74) is 5.56. The van der Waals surface area contributed by atoms with Crippen LogP contribution in [0.15, 0.2) is 42.6 Å². The van der Waals surface area contributed by atoms with Crippen LogP contribution in [0, 0.1) is 0 Å². The topological polar surface area (TPSA) is 51.4 Å². The van der Waals surface area contributed by atoms with Gasteiger partial charge in [-0.05, 0) is 39.2 Å². The monoisotopic (exact) mass is 305 g/mol. The van der Waals surface area contributed by atoms with Crippen LogP contribution in [0.4, 0.5) is 0 Å². The highest BCUT2D eigenvalue weighted by Crippen LogP contribution is 2.07. The summed E-state index contributed by atoms with van der Waals surface area (Å²) in [6, 6.07) is 12.1. The molecule has 1 heterocycles. The standard InChI is InChI=1S/C9H7N.C8H19NO.CH5N/c1-2-6-9-8(4-1)5-3-7-10-9;1-4-9(5-2)7-8-10-6-3;1-2/h1-7H;4-8H2,1-3H3;2H2,1H3. The number of aromatic nitrogens is 1. The number of nitrogens with zero attached hydrogens (tertiary/aromatic N) is 2. The van der Waals surface area contributed by atoms with E-state index in [-0.39, 0.29) is 0 Å². The molecule has 0 atom stereocenters. The summed E-state index contributed by atoms with van der Waals surface area (Å²) in [6.45, 7) is 11.4. The zero-order chi connectivity index (χ0) is 16.6. The zero-order valence-electron chi connectivity index (χ0n) is 14.5. The highest BCUT2D eigenvalue weighted by atomic mass is 16.5. The van der Waals surface area contributed by atoms with Gasteiger partial charge in [-0.25, -0.2) is 0 Å². The first-order chi connectivity index (χ1) is 10.8. The molecule has 0 spiro atoms. The van der Waals surface area contributed by atoms with E-state index in [0.29, 0.717) is 0 Å². The van der Waals surface area contributed by atoms with Gasteiger partial charge in [0.25, 0.3) is 0 Å². The van der Waals surface area contributed by atoms with Crippen LogP contribution < -0.4 is 5.73 Å². The maximum atomic E-state index is 5.23. The second kappa shape index (κ2) is 14.4. The Hall–Kier alpha value is -1.49. The third-order valence-electron chi connectivity index (χ3n) is 3.16. The molecule has 0 fully saturated rings. The van der Waals surface area contributed by atoms with Crippen molar-refractivity contribution < 1.29 is 4.74 Å². The first kappa shape index (κ1) is 20.5. The van der Waals surface area contributed by atoms with E-state index in [0.717, 1.165) is 38.4 Å². The fraction of sp³-hybridized carbons (Fsp3) is 0.500. The molecule has 0 aliphatic heterocycles. The summed E-state index contributed by atoms with van der Waals surface area (Å²) in [5, 5.41) is 1.20. The normalized spacial score (nSPS) is 9.73. The van der Waals surface area contributed by atoms with Gasteiger partial charge in [0.15, 0.2) is 0 Å². The Kier molecular flexibility index (Phi) is 13.5. The Labute approximate surface area is 135 Å². The van der Waals surface area contributed by atoms with E-state index >= 15 is 0 Å². The molecular formula is C18H31N3O. The van der Waals surface area contributed by atoms with Gasteiger partial charge in [-0.15, -0.1) is 0 Å². The molecule has 0 amide bonds. The quantitative estimate of drug-likeness (QED) is 0.833. The number of pyridine rings is 1. The number of para-hydroxylation sites is 1. The Balaban J connectivity index is 0.000000360. The first-order valence-electron chi connectivity index (χ1n) is 7.99. The number of hydrogen-bond donors (Lipinski definition) is 1. The molecule has 0 unspecified atom stereocenters. The molecule has 22 heavy (non-hydrogen) atoms. The fourth-order valence-electron chi connectivity index (χ4n) is 1.89. The Morgan fingerprint density at radius 1 is 1.00 bits per heavy atom. The maximum absolute atomic E-state index is 5.23. The average Bonchev–Trinajstić information content (AvgIpc) is 2.61. The van der Waals surface area contributed by atoms with Crippen molar-refractivity contribution in [2.24, 2.45) is 5.73 Å². The SMILES string of the molecule is CCOCCN(CC)CC.CN.c1ccc2ncccc2c1. The van der Waals surface area contributed by atoms with Crippen LogP contribution in [0.25, 0.3) is 10.9 Å². The lowest BCUT2D eigenvalue weighted by Crippen LogP contribution is -2.26. The second-order valence-corrected chi connectivity index (χ2v) is 4.42. The van der Waals surface area contributed by atoms with E-state index in [1.807, 2.05) is 37.4 Å². The van der Waals surface area contributed by atoms with Crippen molar-refractivity contribution in [2.75, 3.05) is 39.9 Å². The molecule has 0 aliphatic rings. The number of ether oxygens (including phenoxy) is 1. The van der Waals surface area contributed by atoms with Crippen molar-refractivity contribution in [1.82, 2.24) is 9.88 Å². The van der Waals surface area contributed by atoms with Crippen LogP contribution in [0.2, 0.25) is 0 Å².